The van der Waals surface area contributed by atoms with Gasteiger partial charge in [0.25, 0.3) is 0 Å². The van der Waals surface area contributed by atoms with Crippen molar-refractivity contribution in [3.63, 3.8) is 0 Å². The van der Waals surface area contributed by atoms with Crippen LogP contribution in [0.1, 0.15) is 23.5 Å². The highest BCUT2D eigenvalue weighted by Crippen LogP contribution is 2.34. The highest BCUT2D eigenvalue weighted by atomic mass is 16.5. The van der Waals surface area contributed by atoms with Gasteiger partial charge in [0, 0.05) is 24.2 Å². The zero-order valence-corrected chi connectivity index (χ0v) is 10.5. The number of hydrogen-bond donors (Lipinski definition) is 1. The van der Waals surface area contributed by atoms with Crippen molar-refractivity contribution in [2.75, 3.05) is 12.3 Å². The summed E-state index contributed by atoms with van der Waals surface area (Å²) in [6.07, 6.45) is 3.03. The van der Waals surface area contributed by atoms with Crippen molar-refractivity contribution in [2.45, 2.75) is 25.8 Å². The number of fused-ring (bicyclic) bond motifs is 1. The molecule has 2 N–H and O–H groups in total. The second-order valence-electron chi connectivity index (χ2n) is 4.79. The fourth-order valence-electron chi connectivity index (χ4n) is 2.46. The summed E-state index contributed by atoms with van der Waals surface area (Å²) in [6.45, 7) is 3.62. The van der Waals surface area contributed by atoms with Crippen molar-refractivity contribution in [2.24, 2.45) is 0 Å². The molecule has 1 unspecified atom stereocenters. The van der Waals surface area contributed by atoms with Crippen LogP contribution < -0.4 is 10.5 Å². The Balaban J connectivity index is 1.86. The summed E-state index contributed by atoms with van der Waals surface area (Å²) in [5.41, 5.74) is 8.09. The van der Waals surface area contributed by atoms with Crippen LogP contribution >= 0.6 is 0 Å². The third-order valence-corrected chi connectivity index (χ3v) is 3.47. The molecule has 2 aromatic rings. The maximum Gasteiger partial charge on any atom is 0.148 e. The quantitative estimate of drug-likeness (QED) is 0.880. The standard InChI is InChI=1S/C14H17N3O/c1-10-8-17(16-14(10)15)9-11-6-7-18-13-5-3-2-4-12(11)13/h2-5,8,11H,6-7,9H2,1H3,(H2,15,16). The highest BCUT2D eigenvalue weighted by molar-refractivity contribution is 5.38. The van der Waals surface area contributed by atoms with Crippen molar-refractivity contribution in [1.82, 2.24) is 9.78 Å². The molecule has 0 spiro atoms. The molecule has 0 saturated carbocycles. The zero-order chi connectivity index (χ0) is 12.5. The van der Waals surface area contributed by atoms with E-state index in [1.54, 1.807) is 0 Å². The number of benzene rings is 1. The average molecular weight is 243 g/mol. The number of ether oxygens (including phenoxy) is 1. The van der Waals surface area contributed by atoms with E-state index in [1.807, 2.05) is 29.9 Å². The van der Waals surface area contributed by atoms with Crippen molar-refractivity contribution in [1.29, 1.82) is 0 Å². The molecule has 4 nitrogen and oxygen atoms in total. The lowest BCUT2D eigenvalue weighted by Gasteiger charge is -2.25. The molecule has 1 aromatic heterocycles. The molecular formula is C14H17N3O. The van der Waals surface area contributed by atoms with Gasteiger partial charge in [-0.15, -0.1) is 0 Å². The molecule has 3 rings (SSSR count). The fourth-order valence-corrected chi connectivity index (χ4v) is 2.46. The minimum absolute atomic E-state index is 0.452. The Labute approximate surface area is 106 Å². The first-order valence-corrected chi connectivity index (χ1v) is 6.25. The van der Waals surface area contributed by atoms with Crippen molar-refractivity contribution >= 4 is 5.82 Å². The molecule has 0 aliphatic carbocycles. The molecular weight excluding hydrogens is 226 g/mol. The van der Waals surface area contributed by atoms with E-state index in [9.17, 15) is 0 Å². The van der Waals surface area contributed by atoms with E-state index >= 15 is 0 Å². The Hall–Kier alpha value is -1.97. The third kappa shape index (κ3) is 1.94. The first-order valence-electron chi connectivity index (χ1n) is 6.25. The van der Waals surface area contributed by atoms with Crippen LogP contribution in [0.5, 0.6) is 5.75 Å². The SMILES string of the molecule is Cc1cn(CC2CCOc3ccccc32)nc1N. The predicted octanol–water partition coefficient (Wildman–Crippen LogP) is 2.34. The number of nitrogen functional groups attached to an aromatic ring is 1. The van der Waals surface area contributed by atoms with Crippen LogP contribution in [0, 0.1) is 6.92 Å². The normalized spacial score (nSPS) is 18.2. The van der Waals surface area contributed by atoms with E-state index in [2.05, 4.69) is 17.2 Å². The second kappa shape index (κ2) is 4.37. The van der Waals surface area contributed by atoms with Gasteiger partial charge in [-0.1, -0.05) is 18.2 Å². The smallest absolute Gasteiger partial charge is 0.148 e. The molecule has 0 bridgehead atoms. The van der Waals surface area contributed by atoms with Gasteiger partial charge < -0.3 is 10.5 Å². The maximum atomic E-state index is 5.78. The van der Waals surface area contributed by atoms with Crippen molar-refractivity contribution in [3.05, 3.63) is 41.6 Å². The molecule has 0 saturated heterocycles. The number of hydrogen-bond acceptors (Lipinski definition) is 3. The fraction of sp³-hybridized carbons (Fsp3) is 0.357. The molecule has 1 aromatic carbocycles. The van der Waals surface area contributed by atoms with Gasteiger partial charge in [0.15, 0.2) is 0 Å². The third-order valence-electron chi connectivity index (χ3n) is 3.47. The molecule has 94 valence electrons. The van der Waals surface area contributed by atoms with E-state index < -0.39 is 0 Å². The summed E-state index contributed by atoms with van der Waals surface area (Å²) >= 11 is 0. The van der Waals surface area contributed by atoms with Crippen LogP contribution in [-0.2, 0) is 6.54 Å². The lowest BCUT2D eigenvalue weighted by molar-refractivity contribution is 0.256. The zero-order valence-electron chi connectivity index (χ0n) is 10.5. The van der Waals surface area contributed by atoms with Gasteiger partial charge in [-0.05, 0) is 25.0 Å². The molecule has 2 heterocycles. The van der Waals surface area contributed by atoms with Gasteiger partial charge in [-0.3, -0.25) is 4.68 Å². The molecule has 18 heavy (non-hydrogen) atoms. The van der Waals surface area contributed by atoms with E-state index in [1.165, 1.54) is 5.56 Å². The topological polar surface area (TPSA) is 53.1 Å². The van der Waals surface area contributed by atoms with Crippen LogP contribution in [0.4, 0.5) is 5.82 Å². The van der Waals surface area contributed by atoms with Crippen molar-refractivity contribution in [3.8, 4) is 5.75 Å². The summed E-state index contributed by atoms with van der Waals surface area (Å²) in [5.74, 6) is 2.08. The molecule has 0 fully saturated rings. The summed E-state index contributed by atoms with van der Waals surface area (Å²) in [7, 11) is 0. The largest absolute Gasteiger partial charge is 0.493 e. The first-order chi connectivity index (χ1) is 8.74. The number of aryl methyl sites for hydroxylation is 1. The second-order valence-corrected chi connectivity index (χ2v) is 4.79. The molecule has 0 radical (unpaired) electrons. The Kier molecular flexibility index (Phi) is 2.70. The number of anilines is 1. The highest BCUT2D eigenvalue weighted by Gasteiger charge is 2.21. The van der Waals surface area contributed by atoms with Crippen molar-refractivity contribution < 1.29 is 4.74 Å². The van der Waals surface area contributed by atoms with Gasteiger partial charge in [0.1, 0.15) is 11.6 Å². The van der Waals surface area contributed by atoms with E-state index in [-0.39, 0.29) is 0 Å². The van der Waals surface area contributed by atoms with Gasteiger partial charge in [0.2, 0.25) is 0 Å². The van der Waals surface area contributed by atoms with Crippen LogP contribution in [0.3, 0.4) is 0 Å². The predicted molar refractivity (Wildman–Crippen MR) is 70.7 cm³/mol. The number of nitrogens with two attached hydrogens (primary N) is 1. The van der Waals surface area contributed by atoms with E-state index in [0.29, 0.717) is 11.7 Å². The number of aromatic nitrogens is 2. The average Bonchev–Trinajstić information content (AvgIpc) is 2.69. The van der Waals surface area contributed by atoms with Gasteiger partial charge in [-0.25, -0.2) is 0 Å². The summed E-state index contributed by atoms with van der Waals surface area (Å²) in [5, 5.41) is 4.33. The molecule has 4 heteroatoms. The van der Waals surface area contributed by atoms with Crippen LogP contribution in [0.15, 0.2) is 30.5 Å². The minimum Gasteiger partial charge on any atom is -0.493 e. The monoisotopic (exact) mass is 243 g/mol. The Bertz CT molecular complexity index is 542. The molecule has 1 aliphatic rings. The molecule has 1 aliphatic heterocycles. The maximum absolute atomic E-state index is 5.78. The van der Waals surface area contributed by atoms with E-state index in [0.717, 1.165) is 30.9 Å². The molecule has 1 atom stereocenters. The Morgan fingerprint density at radius 1 is 1.44 bits per heavy atom. The number of para-hydroxylation sites is 1. The van der Waals surface area contributed by atoms with Crippen LogP contribution in [-0.4, -0.2) is 16.4 Å². The Morgan fingerprint density at radius 3 is 3.06 bits per heavy atom. The lowest BCUT2D eigenvalue weighted by Crippen LogP contribution is -2.18. The van der Waals surface area contributed by atoms with Crippen LogP contribution in [0.2, 0.25) is 0 Å². The van der Waals surface area contributed by atoms with Gasteiger partial charge in [0.05, 0.1) is 6.61 Å². The van der Waals surface area contributed by atoms with Gasteiger partial charge >= 0.3 is 0 Å². The lowest BCUT2D eigenvalue weighted by atomic mass is 9.93. The minimum atomic E-state index is 0.452. The number of rotatable bonds is 2. The Morgan fingerprint density at radius 2 is 2.28 bits per heavy atom. The first kappa shape index (κ1) is 11.1. The summed E-state index contributed by atoms with van der Waals surface area (Å²) in [6, 6.07) is 8.24. The van der Waals surface area contributed by atoms with Gasteiger partial charge in [-0.2, -0.15) is 5.10 Å². The molecule has 0 amide bonds. The summed E-state index contributed by atoms with van der Waals surface area (Å²) < 4.78 is 7.61. The summed E-state index contributed by atoms with van der Waals surface area (Å²) in [4.78, 5) is 0. The van der Waals surface area contributed by atoms with Crippen LogP contribution in [0.25, 0.3) is 0 Å². The van der Waals surface area contributed by atoms with E-state index in [4.69, 9.17) is 10.5 Å². The number of nitrogens with zero attached hydrogens (tertiary/aromatic N) is 2.